The molecular formula is C15H24O3. The van der Waals surface area contributed by atoms with Crippen molar-refractivity contribution < 1.29 is 14.3 Å². The minimum absolute atomic E-state index is 0.110. The molecule has 0 saturated heterocycles. The zero-order valence-electron chi connectivity index (χ0n) is 11.6. The summed E-state index contributed by atoms with van der Waals surface area (Å²) in [6.07, 6.45) is 11.9. The Balaban J connectivity index is 0. The highest BCUT2D eigenvalue weighted by atomic mass is 16.5. The van der Waals surface area contributed by atoms with Crippen molar-refractivity contribution in [1.82, 2.24) is 0 Å². The van der Waals surface area contributed by atoms with Crippen molar-refractivity contribution in [3.05, 3.63) is 37.0 Å². The number of rotatable bonds is 7. The maximum absolute atomic E-state index is 10.3. The second-order valence-corrected chi connectivity index (χ2v) is 3.56. The fourth-order valence-corrected chi connectivity index (χ4v) is 0.864. The SMILES string of the molecule is C=CCC/C=C/C(C)=O.CC/C=C\COC(C)=O. The van der Waals surface area contributed by atoms with Gasteiger partial charge in [-0.25, -0.2) is 0 Å². The van der Waals surface area contributed by atoms with E-state index in [2.05, 4.69) is 11.3 Å². The second-order valence-electron chi connectivity index (χ2n) is 3.56. The molecule has 0 aliphatic rings. The molecule has 0 N–H and O–H groups in total. The summed E-state index contributed by atoms with van der Waals surface area (Å²) in [6.45, 7) is 8.95. The lowest BCUT2D eigenvalue weighted by molar-refractivity contribution is -0.139. The molecule has 0 unspecified atom stereocenters. The van der Waals surface area contributed by atoms with Crippen LogP contribution < -0.4 is 0 Å². The smallest absolute Gasteiger partial charge is 0.302 e. The molecule has 0 saturated carbocycles. The van der Waals surface area contributed by atoms with Gasteiger partial charge in [-0.15, -0.1) is 6.58 Å². The minimum atomic E-state index is -0.226. The van der Waals surface area contributed by atoms with Gasteiger partial charge in [0.15, 0.2) is 5.78 Å². The van der Waals surface area contributed by atoms with Crippen LogP contribution in [0.15, 0.2) is 37.0 Å². The number of hydrogen-bond acceptors (Lipinski definition) is 3. The van der Waals surface area contributed by atoms with Crippen LogP contribution in [0.3, 0.4) is 0 Å². The largest absolute Gasteiger partial charge is 0.462 e. The number of esters is 1. The quantitative estimate of drug-likeness (QED) is 0.301. The second kappa shape index (κ2) is 15.4. The van der Waals surface area contributed by atoms with Gasteiger partial charge in [0.25, 0.3) is 0 Å². The van der Waals surface area contributed by atoms with Gasteiger partial charge in [-0.05, 0) is 32.3 Å². The molecule has 102 valence electrons. The summed E-state index contributed by atoms with van der Waals surface area (Å²) in [6, 6.07) is 0. The number of ether oxygens (including phenoxy) is 1. The predicted octanol–water partition coefficient (Wildman–Crippen LogP) is 3.61. The maximum atomic E-state index is 10.3. The van der Waals surface area contributed by atoms with E-state index in [1.165, 1.54) is 6.92 Å². The number of ketones is 1. The Bertz CT molecular complexity index is 288. The van der Waals surface area contributed by atoms with E-state index >= 15 is 0 Å². The van der Waals surface area contributed by atoms with Crippen molar-refractivity contribution in [3.63, 3.8) is 0 Å². The van der Waals surface area contributed by atoms with Crippen LogP contribution in [0.4, 0.5) is 0 Å². The van der Waals surface area contributed by atoms with Gasteiger partial charge >= 0.3 is 5.97 Å². The van der Waals surface area contributed by atoms with Crippen molar-refractivity contribution >= 4 is 11.8 Å². The minimum Gasteiger partial charge on any atom is -0.462 e. The molecule has 0 bridgehead atoms. The summed E-state index contributed by atoms with van der Waals surface area (Å²) in [5.41, 5.74) is 0. The highest BCUT2D eigenvalue weighted by Crippen LogP contribution is 1.90. The first-order chi connectivity index (χ1) is 8.54. The lowest BCUT2D eigenvalue weighted by atomic mass is 10.2. The molecule has 18 heavy (non-hydrogen) atoms. The monoisotopic (exact) mass is 252 g/mol. The third kappa shape index (κ3) is 23.9. The highest BCUT2D eigenvalue weighted by Gasteiger charge is 1.84. The Hall–Kier alpha value is -1.64. The fourth-order valence-electron chi connectivity index (χ4n) is 0.864. The fraction of sp³-hybridized carbons (Fsp3) is 0.467. The summed E-state index contributed by atoms with van der Waals surface area (Å²) >= 11 is 0. The topological polar surface area (TPSA) is 43.4 Å². The molecule has 3 heteroatoms. The predicted molar refractivity (Wildman–Crippen MR) is 75.3 cm³/mol. The van der Waals surface area contributed by atoms with E-state index in [9.17, 15) is 9.59 Å². The third-order valence-electron chi connectivity index (χ3n) is 1.68. The van der Waals surface area contributed by atoms with Gasteiger partial charge in [0, 0.05) is 6.92 Å². The maximum Gasteiger partial charge on any atom is 0.302 e. The van der Waals surface area contributed by atoms with Crippen LogP contribution in [-0.2, 0) is 14.3 Å². The van der Waals surface area contributed by atoms with Crippen LogP contribution in [0.2, 0.25) is 0 Å². The van der Waals surface area contributed by atoms with Gasteiger partial charge in [-0.1, -0.05) is 31.2 Å². The molecular weight excluding hydrogens is 228 g/mol. The standard InChI is InChI=1S/C8H12O.C7H12O2/c1-3-4-5-6-7-8(2)9;1-3-4-5-6-9-7(2)8/h3,6-7H,1,4-5H2,2H3;4-5H,3,6H2,1-2H3/b7-6+;5-4-. The van der Waals surface area contributed by atoms with E-state index in [1.54, 1.807) is 13.0 Å². The van der Waals surface area contributed by atoms with E-state index in [1.807, 2.05) is 31.2 Å². The molecule has 0 aliphatic heterocycles. The molecule has 0 heterocycles. The molecule has 0 fully saturated rings. The number of carbonyl (C=O) groups is 2. The van der Waals surface area contributed by atoms with E-state index in [4.69, 9.17) is 0 Å². The van der Waals surface area contributed by atoms with Crippen molar-refractivity contribution in [1.29, 1.82) is 0 Å². The Labute approximate surface area is 110 Å². The van der Waals surface area contributed by atoms with E-state index in [0.717, 1.165) is 19.3 Å². The molecule has 0 aromatic heterocycles. The molecule has 0 aromatic carbocycles. The highest BCUT2D eigenvalue weighted by molar-refractivity contribution is 5.87. The van der Waals surface area contributed by atoms with Crippen LogP contribution in [-0.4, -0.2) is 18.4 Å². The molecule has 0 aliphatic carbocycles. The Morgan fingerprint density at radius 1 is 1.11 bits per heavy atom. The normalized spacial score (nSPS) is 9.94. The number of allylic oxidation sites excluding steroid dienone is 4. The Morgan fingerprint density at radius 3 is 2.22 bits per heavy atom. The average molecular weight is 252 g/mol. The summed E-state index contributed by atoms with van der Waals surface area (Å²) in [4.78, 5) is 20.4. The molecule has 0 aromatic rings. The van der Waals surface area contributed by atoms with Gasteiger partial charge in [0.1, 0.15) is 6.61 Å². The van der Waals surface area contributed by atoms with Gasteiger partial charge in [0.05, 0.1) is 0 Å². The van der Waals surface area contributed by atoms with Crippen LogP contribution in [0, 0.1) is 0 Å². The van der Waals surface area contributed by atoms with Crippen LogP contribution in [0.5, 0.6) is 0 Å². The molecule has 3 nitrogen and oxygen atoms in total. The zero-order valence-corrected chi connectivity index (χ0v) is 11.6. The lowest BCUT2D eigenvalue weighted by Gasteiger charge is -1.92. The lowest BCUT2D eigenvalue weighted by Crippen LogP contribution is -1.96. The van der Waals surface area contributed by atoms with E-state index in [0.29, 0.717) is 6.61 Å². The molecule has 0 radical (unpaired) electrons. The van der Waals surface area contributed by atoms with Crippen LogP contribution >= 0.6 is 0 Å². The van der Waals surface area contributed by atoms with Crippen molar-refractivity contribution in [2.75, 3.05) is 6.61 Å². The summed E-state index contributed by atoms with van der Waals surface area (Å²) in [5, 5.41) is 0. The van der Waals surface area contributed by atoms with Crippen molar-refractivity contribution in [2.24, 2.45) is 0 Å². The van der Waals surface area contributed by atoms with Crippen LogP contribution in [0.1, 0.15) is 40.0 Å². The summed E-state index contributed by atoms with van der Waals surface area (Å²) in [7, 11) is 0. The van der Waals surface area contributed by atoms with Crippen LogP contribution in [0.25, 0.3) is 0 Å². The summed E-state index contributed by atoms with van der Waals surface area (Å²) in [5.74, 6) is -0.116. The molecule has 0 atom stereocenters. The van der Waals surface area contributed by atoms with Crippen molar-refractivity contribution in [2.45, 2.75) is 40.0 Å². The van der Waals surface area contributed by atoms with E-state index in [-0.39, 0.29) is 11.8 Å². The first kappa shape index (κ1) is 18.7. The molecule has 0 amide bonds. The van der Waals surface area contributed by atoms with Gasteiger partial charge in [0.2, 0.25) is 0 Å². The van der Waals surface area contributed by atoms with E-state index < -0.39 is 0 Å². The number of carbonyl (C=O) groups excluding carboxylic acids is 2. The van der Waals surface area contributed by atoms with Gasteiger partial charge < -0.3 is 4.74 Å². The average Bonchev–Trinajstić information content (AvgIpc) is 2.31. The number of hydrogen-bond donors (Lipinski definition) is 0. The first-order valence-corrected chi connectivity index (χ1v) is 6.10. The zero-order chi connectivity index (χ0) is 14.2. The summed E-state index contributed by atoms with van der Waals surface area (Å²) < 4.78 is 4.62. The van der Waals surface area contributed by atoms with Crippen molar-refractivity contribution in [3.8, 4) is 0 Å². The third-order valence-corrected chi connectivity index (χ3v) is 1.68. The van der Waals surface area contributed by atoms with Gasteiger partial charge in [-0.3, -0.25) is 9.59 Å². The molecule has 0 rings (SSSR count). The number of unbranched alkanes of at least 4 members (excludes halogenated alkanes) is 1. The van der Waals surface area contributed by atoms with Gasteiger partial charge in [-0.2, -0.15) is 0 Å². The Kier molecular flexibility index (Phi) is 16.0. The first-order valence-electron chi connectivity index (χ1n) is 6.10. The Morgan fingerprint density at radius 2 is 1.78 bits per heavy atom. The molecule has 0 spiro atoms.